The Balaban J connectivity index is 1.64. The zero-order chi connectivity index (χ0) is 13.9. The monoisotopic (exact) mass is 291 g/mol. The average molecular weight is 291 g/mol. The van der Waals surface area contributed by atoms with E-state index in [1.807, 2.05) is 0 Å². The molecule has 1 aromatic carbocycles. The van der Waals surface area contributed by atoms with Crippen LogP contribution >= 0.6 is 11.3 Å². The number of rotatable bonds is 4. The molecule has 108 valence electrons. The summed E-state index contributed by atoms with van der Waals surface area (Å²) in [6.07, 6.45) is 0. The van der Waals surface area contributed by atoms with E-state index < -0.39 is 0 Å². The third-order valence-electron chi connectivity index (χ3n) is 3.63. The minimum Gasteiger partial charge on any atom is -0.379 e. The van der Waals surface area contributed by atoms with E-state index in [1.54, 1.807) is 11.3 Å². The van der Waals surface area contributed by atoms with Gasteiger partial charge in [-0.3, -0.25) is 4.90 Å². The van der Waals surface area contributed by atoms with Crippen LogP contribution < -0.4 is 5.32 Å². The number of morpholine rings is 1. The number of hydrogen-bond donors (Lipinski definition) is 1. The maximum absolute atomic E-state index is 5.38. The normalized spacial score (nSPS) is 18.3. The Morgan fingerprint density at radius 2 is 2.20 bits per heavy atom. The fraction of sp³-hybridized carbons (Fsp3) is 0.533. The molecule has 1 atom stereocenters. The highest BCUT2D eigenvalue weighted by atomic mass is 32.1. The van der Waals surface area contributed by atoms with Crippen LogP contribution in [0.5, 0.6) is 0 Å². The SMILES string of the molecule is Cc1cccc2sc(NC(C)CN3CCOCC3)nc12. The second-order valence-corrected chi connectivity index (χ2v) is 6.43. The Morgan fingerprint density at radius 3 is 2.95 bits per heavy atom. The first kappa shape index (κ1) is 13.8. The molecule has 0 saturated carbocycles. The molecule has 0 radical (unpaired) electrons. The van der Waals surface area contributed by atoms with Crippen LogP contribution in [0.25, 0.3) is 10.2 Å². The number of para-hydroxylation sites is 1. The molecule has 1 N–H and O–H groups in total. The number of aryl methyl sites for hydroxylation is 1. The topological polar surface area (TPSA) is 37.4 Å². The molecule has 2 aromatic rings. The van der Waals surface area contributed by atoms with Gasteiger partial charge >= 0.3 is 0 Å². The van der Waals surface area contributed by atoms with Crippen molar-refractivity contribution in [3.8, 4) is 0 Å². The summed E-state index contributed by atoms with van der Waals surface area (Å²) in [6.45, 7) is 9.14. The first-order chi connectivity index (χ1) is 9.72. The fourth-order valence-electron chi connectivity index (χ4n) is 2.58. The predicted octanol–water partition coefficient (Wildman–Crippen LogP) is 2.74. The van der Waals surface area contributed by atoms with Crippen molar-refractivity contribution < 1.29 is 4.74 Å². The van der Waals surface area contributed by atoms with Crippen LogP contribution in [0.1, 0.15) is 12.5 Å². The van der Waals surface area contributed by atoms with Crippen LogP contribution in [-0.4, -0.2) is 48.8 Å². The number of nitrogens with one attached hydrogen (secondary N) is 1. The molecule has 0 spiro atoms. The van der Waals surface area contributed by atoms with Gasteiger partial charge in [0.15, 0.2) is 5.13 Å². The lowest BCUT2D eigenvalue weighted by Crippen LogP contribution is -2.42. The molecule has 0 aliphatic carbocycles. The van der Waals surface area contributed by atoms with Crippen molar-refractivity contribution in [3.05, 3.63) is 23.8 Å². The molecular weight excluding hydrogens is 270 g/mol. The van der Waals surface area contributed by atoms with E-state index in [1.165, 1.54) is 10.3 Å². The number of anilines is 1. The fourth-order valence-corrected chi connectivity index (χ4v) is 3.63. The number of aromatic nitrogens is 1. The van der Waals surface area contributed by atoms with E-state index in [2.05, 4.69) is 42.3 Å². The Kier molecular flexibility index (Phi) is 4.19. The van der Waals surface area contributed by atoms with E-state index in [9.17, 15) is 0 Å². The van der Waals surface area contributed by atoms with Crippen molar-refractivity contribution in [1.82, 2.24) is 9.88 Å². The van der Waals surface area contributed by atoms with Crippen LogP contribution in [-0.2, 0) is 4.74 Å². The van der Waals surface area contributed by atoms with Gasteiger partial charge in [-0.25, -0.2) is 4.98 Å². The first-order valence-electron chi connectivity index (χ1n) is 7.15. The second kappa shape index (κ2) is 6.08. The number of fused-ring (bicyclic) bond motifs is 1. The molecule has 1 unspecified atom stereocenters. The number of ether oxygens (including phenoxy) is 1. The van der Waals surface area contributed by atoms with Crippen molar-refractivity contribution in [3.63, 3.8) is 0 Å². The molecule has 0 amide bonds. The summed E-state index contributed by atoms with van der Waals surface area (Å²) in [4.78, 5) is 7.15. The molecule has 1 aliphatic heterocycles. The maximum atomic E-state index is 5.38. The van der Waals surface area contributed by atoms with E-state index in [0.717, 1.165) is 43.5 Å². The summed E-state index contributed by atoms with van der Waals surface area (Å²) in [5, 5.41) is 4.55. The van der Waals surface area contributed by atoms with Gasteiger partial charge < -0.3 is 10.1 Å². The Labute approximate surface area is 123 Å². The summed E-state index contributed by atoms with van der Waals surface area (Å²) >= 11 is 1.74. The molecule has 0 bridgehead atoms. The molecule has 1 aromatic heterocycles. The van der Waals surface area contributed by atoms with Crippen LogP contribution in [0.2, 0.25) is 0 Å². The van der Waals surface area contributed by atoms with Crippen LogP contribution in [0.3, 0.4) is 0 Å². The van der Waals surface area contributed by atoms with E-state index in [4.69, 9.17) is 9.72 Å². The van der Waals surface area contributed by atoms with Crippen molar-refractivity contribution in [2.75, 3.05) is 38.2 Å². The van der Waals surface area contributed by atoms with Gasteiger partial charge in [0.25, 0.3) is 0 Å². The summed E-state index contributed by atoms with van der Waals surface area (Å²) in [6, 6.07) is 6.74. The predicted molar refractivity (Wildman–Crippen MR) is 84.7 cm³/mol. The second-order valence-electron chi connectivity index (χ2n) is 5.40. The average Bonchev–Trinajstić information content (AvgIpc) is 2.83. The van der Waals surface area contributed by atoms with E-state index in [0.29, 0.717) is 6.04 Å². The van der Waals surface area contributed by atoms with Crippen LogP contribution in [0.15, 0.2) is 18.2 Å². The molecule has 4 nitrogen and oxygen atoms in total. The van der Waals surface area contributed by atoms with Crippen molar-refractivity contribution in [2.45, 2.75) is 19.9 Å². The third kappa shape index (κ3) is 3.11. The maximum Gasteiger partial charge on any atom is 0.184 e. The number of benzene rings is 1. The van der Waals surface area contributed by atoms with Crippen LogP contribution in [0, 0.1) is 6.92 Å². The van der Waals surface area contributed by atoms with Gasteiger partial charge in [-0.2, -0.15) is 0 Å². The van der Waals surface area contributed by atoms with Crippen molar-refractivity contribution in [1.29, 1.82) is 0 Å². The quantitative estimate of drug-likeness (QED) is 0.940. The van der Waals surface area contributed by atoms with E-state index >= 15 is 0 Å². The standard InChI is InChI=1S/C15H21N3OS/c1-11-4-3-5-13-14(11)17-15(20-13)16-12(2)10-18-6-8-19-9-7-18/h3-5,12H,6-10H2,1-2H3,(H,16,17). The lowest BCUT2D eigenvalue weighted by atomic mass is 10.2. The van der Waals surface area contributed by atoms with Gasteiger partial charge in [0.1, 0.15) is 0 Å². The third-order valence-corrected chi connectivity index (χ3v) is 4.58. The van der Waals surface area contributed by atoms with Gasteiger partial charge in [0.2, 0.25) is 0 Å². The number of nitrogens with zero attached hydrogens (tertiary/aromatic N) is 2. The summed E-state index contributed by atoms with van der Waals surface area (Å²) in [5.41, 5.74) is 2.37. The molecular formula is C15H21N3OS. The van der Waals surface area contributed by atoms with Crippen LogP contribution in [0.4, 0.5) is 5.13 Å². The molecule has 1 saturated heterocycles. The Morgan fingerprint density at radius 1 is 1.40 bits per heavy atom. The zero-order valence-electron chi connectivity index (χ0n) is 12.1. The largest absolute Gasteiger partial charge is 0.379 e. The Hall–Kier alpha value is -1.17. The minimum atomic E-state index is 0.397. The first-order valence-corrected chi connectivity index (χ1v) is 7.97. The highest BCUT2D eigenvalue weighted by molar-refractivity contribution is 7.22. The summed E-state index contributed by atoms with van der Waals surface area (Å²) in [7, 11) is 0. The van der Waals surface area contributed by atoms with E-state index in [-0.39, 0.29) is 0 Å². The summed E-state index contributed by atoms with van der Waals surface area (Å²) in [5.74, 6) is 0. The number of thiazole rings is 1. The molecule has 3 rings (SSSR count). The van der Waals surface area contributed by atoms with Crippen molar-refractivity contribution >= 4 is 26.7 Å². The van der Waals surface area contributed by atoms with Gasteiger partial charge in [-0.1, -0.05) is 23.5 Å². The van der Waals surface area contributed by atoms with Gasteiger partial charge in [-0.15, -0.1) is 0 Å². The van der Waals surface area contributed by atoms with Gasteiger partial charge in [0.05, 0.1) is 23.4 Å². The highest BCUT2D eigenvalue weighted by Gasteiger charge is 2.15. The smallest absolute Gasteiger partial charge is 0.184 e. The molecule has 5 heteroatoms. The molecule has 1 aliphatic rings. The lowest BCUT2D eigenvalue weighted by Gasteiger charge is -2.29. The minimum absolute atomic E-state index is 0.397. The number of hydrogen-bond acceptors (Lipinski definition) is 5. The van der Waals surface area contributed by atoms with Crippen molar-refractivity contribution in [2.24, 2.45) is 0 Å². The molecule has 2 heterocycles. The molecule has 1 fully saturated rings. The molecule has 20 heavy (non-hydrogen) atoms. The highest BCUT2D eigenvalue weighted by Crippen LogP contribution is 2.28. The zero-order valence-corrected chi connectivity index (χ0v) is 12.9. The van der Waals surface area contributed by atoms with Gasteiger partial charge in [-0.05, 0) is 25.5 Å². The summed E-state index contributed by atoms with van der Waals surface area (Å²) < 4.78 is 6.64. The lowest BCUT2D eigenvalue weighted by molar-refractivity contribution is 0.0368. The van der Waals surface area contributed by atoms with Gasteiger partial charge in [0, 0.05) is 25.7 Å². The Bertz CT molecular complexity index is 578.